The van der Waals surface area contributed by atoms with E-state index in [4.69, 9.17) is 14.0 Å². The van der Waals surface area contributed by atoms with Gasteiger partial charge < -0.3 is 26.7 Å². The Morgan fingerprint density at radius 2 is 2.06 bits per heavy atom. The zero-order valence-electron chi connectivity index (χ0n) is 13.4. The molecule has 0 aromatic rings. The Bertz CT molecular complexity index is 334. The van der Waals surface area contributed by atoms with Gasteiger partial charge in [0.25, 0.3) is 0 Å². The number of likely N-dealkylation sites (N-methyl/N-ethyl adjacent to an activating group) is 1. The minimum Gasteiger partial charge on any atom is -1.00 e. The van der Waals surface area contributed by atoms with Gasteiger partial charge in [-0.1, -0.05) is 6.92 Å². The highest BCUT2D eigenvalue weighted by atomic mass is 35.5. The number of carboxylic acid groups (broad SMARTS) is 1. The Labute approximate surface area is 113 Å². The summed E-state index contributed by atoms with van der Waals surface area (Å²) >= 11 is 0. The number of carboxylic acids is 1. The number of ether oxygens (including phenoxy) is 1. The highest BCUT2D eigenvalue weighted by Crippen LogP contribution is 2.07. The van der Waals surface area contributed by atoms with Crippen LogP contribution in [0.3, 0.4) is 0 Å². The van der Waals surface area contributed by atoms with Crippen LogP contribution in [0, 0.1) is 0 Å². The summed E-state index contributed by atoms with van der Waals surface area (Å²) in [4.78, 5) is 22.2. The van der Waals surface area contributed by atoms with E-state index >= 15 is 0 Å². The van der Waals surface area contributed by atoms with E-state index in [1.165, 1.54) is 14.1 Å². The van der Waals surface area contributed by atoms with Gasteiger partial charge in [-0.2, -0.15) is 0 Å². The van der Waals surface area contributed by atoms with E-state index in [1.807, 2.05) is 0 Å². The molecule has 0 aliphatic carbocycles. The van der Waals surface area contributed by atoms with Crippen LogP contribution in [0.15, 0.2) is 0 Å². The van der Waals surface area contributed by atoms with Crippen LogP contribution >= 0.6 is 0 Å². The second kappa shape index (κ2) is 8.31. The van der Waals surface area contributed by atoms with Crippen molar-refractivity contribution in [3.8, 4) is 0 Å². The van der Waals surface area contributed by atoms with E-state index in [-0.39, 0.29) is 25.4 Å². The first-order valence-corrected chi connectivity index (χ1v) is 5.24. The number of esters is 1. The number of nitrogens with zero attached hydrogens (tertiary/aromatic N) is 1. The minimum atomic E-state index is -2.30. The molecule has 0 saturated heterocycles. The van der Waals surface area contributed by atoms with Crippen molar-refractivity contribution in [1.82, 2.24) is 0 Å². The maximum Gasteiger partial charge on any atom is 0.307 e. The molecule has 1 N–H and O–H groups in total. The van der Waals surface area contributed by atoms with Crippen LogP contribution in [0.4, 0.5) is 0 Å². The topological polar surface area (TPSA) is 63.6 Å². The molecule has 0 spiro atoms. The largest absolute Gasteiger partial charge is 1.00 e. The number of hydrogen-bond donors (Lipinski definition) is 1. The summed E-state index contributed by atoms with van der Waals surface area (Å²) in [6.45, 7) is -0.567. The summed E-state index contributed by atoms with van der Waals surface area (Å²) in [5.41, 5.74) is 0. The number of hydrogen-bond acceptors (Lipinski definition) is 3. The van der Waals surface area contributed by atoms with E-state index in [0.29, 0.717) is 6.42 Å². The zero-order chi connectivity index (χ0) is 15.3. The molecule has 0 heterocycles. The molecule has 0 bridgehead atoms. The summed E-state index contributed by atoms with van der Waals surface area (Å²) in [6.07, 6.45) is -0.548. The lowest BCUT2D eigenvalue weighted by Gasteiger charge is -2.28. The van der Waals surface area contributed by atoms with Crippen molar-refractivity contribution in [2.45, 2.75) is 32.3 Å². The quantitative estimate of drug-likeness (QED) is 0.425. The van der Waals surface area contributed by atoms with Crippen LogP contribution in [0.2, 0.25) is 0 Å². The second-order valence-electron chi connectivity index (χ2n) is 4.33. The second-order valence-corrected chi connectivity index (χ2v) is 4.33. The summed E-state index contributed by atoms with van der Waals surface area (Å²) in [6, 6.07) is 0. The highest BCUT2D eigenvalue weighted by Gasteiger charge is 2.24. The van der Waals surface area contributed by atoms with Crippen molar-refractivity contribution < 1.29 is 40.4 Å². The molecule has 0 aliphatic heterocycles. The van der Waals surface area contributed by atoms with Gasteiger partial charge in [0.05, 0.1) is 31.6 Å². The third kappa shape index (κ3) is 11.5. The van der Waals surface area contributed by atoms with Gasteiger partial charge in [0.1, 0.15) is 6.54 Å². The molecular weight excluding hydrogens is 246 g/mol. The fraction of sp³-hybridized carbons (Fsp3) is 0.818. The lowest BCUT2D eigenvalue weighted by Crippen LogP contribution is -3.00. The first kappa shape index (κ1) is 12.6. The highest BCUT2D eigenvalue weighted by molar-refractivity contribution is 5.71. The van der Waals surface area contributed by atoms with Gasteiger partial charge in [0.2, 0.25) is 0 Å². The summed E-state index contributed by atoms with van der Waals surface area (Å²) < 4.78 is 26.8. The van der Waals surface area contributed by atoms with E-state index in [1.54, 1.807) is 6.92 Å². The van der Waals surface area contributed by atoms with Crippen LogP contribution in [0.1, 0.15) is 30.3 Å². The van der Waals surface area contributed by atoms with Crippen LogP contribution in [0.5, 0.6) is 0 Å². The van der Waals surface area contributed by atoms with Crippen LogP contribution < -0.4 is 12.4 Å². The van der Waals surface area contributed by atoms with Crippen molar-refractivity contribution in [3.63, 3.8) is 0 Å². The number of carbonyl (C=O) groups is 2. The molecule has 102 valence electrons. The molecule has 5 nitrogen and oxygen atoms in total. The van der Waals surface area contributed by atoms with Gasteiger partial charge in [0, 0.05) is 6.42 Å². The lowest BCUT2D eigenvalue weighted by atomic mass is 10.2. The smallest absolute Gasteiger partial charge is 0.307 e. The average molecular weight is 271 g/mol. The normalized spacial score (nSPS) is 15.8. The van der Waals surface area contributed by atoms with E-state index in [0.717, 1.165) is 0 Å². The SMILES string of the molecule is [2H]C([2H])([2H])[N+](C)(C)C[C@@H](CC(=O)O)OC(=O)CCC.[Cl-]. The predicted octanol–water partition coefficient (Wildman–Crippen LogP) is -2.12. The molecule has 17 heavy (non-hydrogen) atoms. The van der Waals surface area contributed by atoms with Crippen LogP contribution in [-0.2, 0) is 14.3 Å². The van der Waals surface area contributed by atoms with E-state index in [2.05, 4.69) is 0 Å². The van der Waals surface area contributed by atoms with Crippen LogP contribution in [-0.4, -0.2) is 55.2 Å². The Kier molecular flexibility index (Phi) is 6.18. The molecule has 0 fully saturated rings. The number of carbonyl (C=O) groups excluding carboxylic acids is 1. The maximum atomic E-state index is 11.4. The lowest BCUT2D eigenvalue weighted by molar-refractivity contribution is -0.873. The average Bonchev–Trinajstić information content (AvgIpc) is 2.13. The number of aliphatic carboxylic acids is 1. The summed E-state index contributed by atoms with van der Waals surface area (Å²) in [5, 5.41) is 8.79. The fourth-order valence-electron chi connectivity index (χ4n) is 1.30. The van der Waals surface area contributed by atoms with E-state index < -0.39 is 35.9 Å². The standard InChI is InChI=1S/C11H21NO4.ClH/c1-5-6-11(15)16-9(7-10(13)14)8-12(2,3)4;/h9H,5-8H2,1-4H3;1H/t9-;/m1./s1/i2D3;. The molecule has 0 aromatic heterocycles. The van der Waals surface area contributed by atoms with Crippen molar-refractivity contribution in [3.05, 3.63) is 0 Å². The molecule has 0 unspecified atom stereocenters. The van der Waals surface area contributed by atoms with Gasteiger partial charge in [-0.05, 0) is 6.42 Å². The van der Waals surface area contributed by atoms with Gasteiger partial charge in [-0.25, -0.2) is 0 Å². The third-order valence-corrected chi connectivity index (χ3v) is 1.81. The Morgan fingerprint density at radius 1 is 1.47 bits per heavy atom. The van der Waals surface area contributed by atoms with E-state index in [9.17, 15) is 9.59 Å². The molecular formula is C11H22ClNO4. The molecule has 1 atom stereocenters. The Balaban J connectivity index is 0. The fourth-order valence-corrected chi connectivity index (χ4v) is 1.30. The van der Waals surface area contributed by atoms with Gasteiger partial charge in [-0.15, -0.1) is 0 Å². The van der Waals surface area contributed by atoms with Gasteiger partial charge in [0.15, 0.2) is 6.10 Å². The maximum absolute atomic E-state index is 11.4. The number of quaternary nitrogens is 1. The van der Waals surface area contributed by atoms with Crippen molar-refractivity contribution in [2.75, 3.05) is 27.6 Å². The Hall–Kier alpha value is -0.810. The number of halogens is 1. The molecule has 6 heteroatoms. The first-order valence-electron chi connectivity index (χ1n) is 6.74. The predicted molar refractivity (Wildman–Crippen MR) is 59.9 cm³/mol. The van der Waals surface area contributed by atoms with Crippen molar-refractivity contribution in [2.24, 2.45) is 0 Å². The minimum absolute atomic E-state index is 0. The molecule has 0 radical (unpaired) electrons. The third-order valence-electron chi connectivity index (χ3n) is 1.81. The monoisotopic (exact) mass is 270 g/mol. The number of rotatable bonds is 7. The van der Waals surface area contributed by atoms with Crippen molar-refractivity contribution >= 4 is 11.9 Å². The first-order chi connectivity index (χ1) is 8.49. The molecule has 0 rings (SSSR count). The molecule has 0 saturated carbocycles. The Morgan fingerprint density at radius 3 is 2.47 bits per heavy atom. The summed E-state index contributed by atoms with van der Waals surface area (Å²) in [5.74, 6) is -1.63. The molecule has 0 aliphatic rings. The zero-order valence-corrected chi connectivity index (χ0v) is 11.2. The molecule has 0 aromatic carbocycles. The van der Waals surface area contributed by atoms with Crippen LogP contribution in [0.25, 0.3) is 0 Å². The van der Waals surface area contributed by atoms with Gasteiger partial charge >= 0.3 is 11.9 Å². The van der Waals surface area contributed by atoms with Crippen molar-refractivity contribution in [1.29, 1.82) is 0 Å². The van der Waals surface area contributed by atoms with Gasteiger partial charge in [-0.3, -0.25) is 9.59 Å². The molecule has 0 amide bonds. The summed E-state index contributed by atoms with van der Waals surface area (Å²) in [7, 11) is 2.91.